The van der Waals surface area contributed by atoms with Crippen molar-refractivity contribution in [3.63, 3.8) is 0 Å². The van der Waals surface area contributed by atoms with Gasteiger partial charge in [0.25, 0.3) is 0 Å². The van der Waals surface area contributed by atoms with Crippen LogP contribution in [0.15, 0.2) is 91.0 Å². The number of esters is 3. The fraction of sp³-hybridized carbons (Fsp3) is 0.167. The minimum Gasteiger partial charge on any atom is -0.489 e. The van der Waals surface area contributed by atoms with Crippen LogP contribution in [-0.4, -0.2) is 76.4 Å². The number of rotatable bonds is 18. The van der Waals surface area contributed by atoms with E-state index < -0.39 is 17.9 Å². The zero-order valence-electron chi connectivity index (χ0n) is 25.5. The molecule has 4 aromatic carbocycles. The molecule has 0 radical (unpaired) electrons. The Morgan fingerprint density at radius 3 is 0.958 bits per heavy atom. The quantitative estimate of drug-likeness (QED) is 0.0624. The van der Waals surface area contributed by atoms with E-state index in [4.69, 9.17) is 28.4 Å². The smallest absolute Gasteiger partial charge is 0.338 e. The molecule has 0 aliphatic rings. The minimum absolute atomic E-state index is 0.0757. The third kappa shape index (κ3) is 9.85. The lowest BCUT2D eigenvalue weighted by Crippen LogP contribution is -2.18. The van der Waals surface area contributed by atoms with E-state index in [1.54, 1.807) is 72.8 Å². The van der Waals surface area contributed by atoms with Crippen LogP contribution < -0.4 is 14.2 Å². The van der Waals surface area contributed by atoms with Crippen molar-refractivity contribution in [1.29, 1.82) is 0 Å². The van der Waals surface area contributed by atoms with Crippen molar-refractivity contribution in [1.82, 2.24) is 0 Å². The number of benzene rings is 4. The second kappa shape index (κ2) is 18.0. The third-order valence-corrected chi connectivity index (χ3v) is 6.50. The van der Waals surface area contributed by atoms with Gasteiger partial charge in [-0.25, -0.2) is 14.4 Å². The van der Waals surface area contributed by atoms with Crippen molar-refractivity contribution < 1.29 is 57.2 Å². The fourth-order valence-electron chi connectivity index (χ4n) is 4.22. The molecule has 0 spiro atoms. The predicted octanol–water partition coefficient (Wildman–Crippen LogP) is 4.83. The van der Waals surface area contributed by atoms with Gasteiger partial charge in [0.2, 0.25) is 0 Å². The lowest BCUT2D eigenvalue weighted by molar-refractivity contribution is 0.0442. The van der Waals surface area contributed by atoms with Crippen LogP contribution in [0.2, 0.25) is 0 Å². The van der Waals surface area contributed by atoms with Crippen molar-refractivity contribution in [2.24, 2.45) is 0 Å². The molecule has 0 saturated heterocycles. The average Bonchev–Trinajstić information content (AvgIpc) is 3.13. The summed E-state index contributed by atoms with van der Waals surface area (Å²) in [7, 11) is 0. The van der Waals surface area contributed by atoms with E-state index >= 15 is 0 Å². The van der Waals surface area contributed by atoms with Crippen molar-refractivity contribution in [3.8, 4) is 17.2 Å². The first kappa shape index (κ1) is 34.6. The van der Waals surface area contributed by atoms with Gasteiger partial charge in [-0.2, -0.15) is 0 Å². The standard InChI is InChI=1S/C36H30O12/c37-22-25-7-1-4-10-31(25)43-13-16-46-34(40)28-19-29(35(41)47-17-14-44-32-11-5-2-8-26(32)23-38)21-30(20-28)36(42)48-18-15-45-33-12-6-3-9-27(33)24-39/h1-12,19-24H,13-18H2. The number of para-hydroxylation sites is 3. The topological polar surface area (TPSA) is 158 Å². The molecule has 0 heterocycles. The molecule has 246 valence electrons. The molecule has 0 fully saturated rings. The monoisotopic (exact) mass is 654 g/mol. The first-order chi connectivity index (χ1) is 23.4. The van der Waals surface area contributed by atoms with E-state index in [1.165, 1.54) is 18.2 Å². The Bertz CT molecular complexity index is 1550. The van der Waals surface area contributed by atoms with E-state index in [1.807, 2.05) is 0 Å². The maximum Gasteiger partial charge on any atom is 0.338 e. The first-order valence-corrected chi connectivity index (χ1v) is 14.6. The van der Waals surface area contributed by atoms with Crippen molar-refractivity contribution >= 4 is 36.8 Å². The van der Waals surface area contributed by atoms with E-state index in [9.17, 15) is 28.8 Å². The molecule has 0 saturated carbocycles. The van der Waals surface area contributed by atoms with Crippen LogP contribution >= 0.6 is 0 Å². The summed E-state index contributed by atoms with van der Waals surface area (Å²) in [4.78, 5) is 72.4. The highest BCUT2D eigenvalue weighted by Gasteiger charge is 2.19. The van der Waals surface area contributed by atoms with E-state index in [-0.39, 0.29) is 56.3 Å². The second-order valence-electron chi connectivity index (χ2n) is 9.72. The Hall–Kier alpha value is -6.30. The van der Waals surface area contributed by atoms with Gasteiger partial charge in [0.05, 0.1) is 33.4 Å². The molecular weight excluding hydrogens is 624 g/mol. The summed E-state index contributed by atoms with van der Waals surface area (Å²) < 4.78 is 32.4. The molecule has 0 aliphatic carbocycles. The van der Waals surface area contributed by atoms with E-state index in [0.717, 1.165) is 0 Å². The maximum atomic E-state index is 12.9. The molecule has 0 unspecified atom stereocenters. The van der Waals surface area contributed by atoms with Crippen LogP contribution in [0, 0.1) is 0 Å². The van der Waals surface area contributed by atoms with Gasteiger partial charge in [-0.15, -0.1) is 0 Å². The number of hydrogen-bond acceptors (Lipinski definition) is 12. The molecule has 0 bridgehead atoms. The Morgan fingerprint density at radius 1 is 0.417 bits per heavy atom. The summed E-state index contributed by atoms with van der Waals surface area (Å²) in [5, 5.41) is 0. The third-order valence-electron chi connectivity index (χ3n) is 6.50. The van der Waals surface area contributed by atoms with Gasteiger partial charge in [-0.1, -0.05) is 36.4 Å². The van der Waals surface area contributed by atoms with Crippen LogP contribution in [0.3, 0.4) is 0 Å². The van der Waals surface area contributed by atoms with Gasteiger partial charge in [-0.3, -0.25) is 14.4 Å². The first-order valence-electron chi connectivity index (χ1n) is 14.6. The highest BCUT2D eigenvalue weighted by atomic mass is 16.6. The Morgan fingerprint density at radius 2 is 0.688 bits per heavy atom. The lowest BCUT2D eigenvalue weighted by Gasteiger charge is -2.12. The minimum atomic E-state index is -0.867. The summed E-state index contributed by atoms with van der Waals surface area (Å²) in [5.74, 6) is -1.66. The number of aldehydes is 3. The normalized spacial score (nSPS) is 10.2. The van der Waals surface area contributed by atoms with Crippen molar-refractivity contribution in [3.05, 3.63) is 124 Å². The van der Waals surface area contributed by atoms with Gasteiger partial charge in [0.1, 0.15) is 56.9 Å². The molecule has 48 heavy (non-hydrogen) atoms. The molecule has 0 aromatic heterocycles. The van der Waals surface area contributed by atoms with Crippen LogP contribution in [0.5, 0.6) is 17.2 Å². The highest BCUT2D eigenvalue weighted by Crippen LogP contribution is 2.19. The molecule has 4 aromatic rings. The molecular formula is C36H30O12. The molecule has 0 aliphatic heterocycles. The predicted molar refractivity (Wildman–Crippen MR) is 169 cm³/mol. The maximum absolute atomic E-state index is 12.9. The van der Waals surface area contributed by atoms with Gasteiger partial charge in [0, 0.05) is 0 Å². The van der Waals surface area contributed by atoms with Crippen LogP contribution in [-0.2, 0) is 14.2 Å². The van der Waals surface area contributed by atoms with Crippen molar-refractivity contribution in [2.45, 2.75) is 0 Å². The average molecular weight is 655 g/mol. The number of hydrogen-bond donors (Lipinski definition) is 0. The molecule has 0 N–H and O–H groups in total. The SMILES string of the molecule is O=Cc1ccccc1OCCOC(=O)c1cc(C(=O)OCCOc2ccccc2C=O)cc(C(=O)OCCOc2ccccc2C=O)c1. The zero-order valence-corrected chi connectivity index (χ0v) is 25.5. The van der Waals surface area contributed by atoms with E-state index in [2.05, 4.69) is 0 Å². The molecule has 0 amide bonds. The molecule has 12 heteroatoms. The lowest BCUT2D eigenvalue weighted by atomic mass is 10.1. The highest BCUT2D eigenvalue weighted by molar-refractivity contribution is 6.00. The number of ether oxygens (including phenoxy) is 6. The summed E-state index contributed by atoms with van der Waals surface area (Å²) in [6, 6.07) is 23.2. The largest absolute Gasteiger partial charge is 0.489 e. The van der Waals surface area contributed by atoms with E-state index in [0.29, 0.717) is 52.8 Å². The summed E-state index contributed by atoms with van der Waals surface area (Å²) in [6.07, 6.45) is 1.91. The fourth-order valence-corrected chi connectivity index (χ4v) is 4.22. The Labute approximate surface area is 275 Å². The van der Waals surface area contributed by atoms with Crippen molar-refractivity contribution in [2.75, 3.05) is 39.6 Å². The zero-order chi connectivity index (χ0) is 34.1. The summed E-state index contributed by atoms with van der Waals surface area (Å²) in [5.41, 5.74) is 0.561. The van der Waals surface area contributed by atoms with Crippen LogP contribution in [0.4, 0.5) is 0 Å². The summed E-state index contributed by atoms with van der Waals surface area (Å²) >= 11 is 0. The molecule has 12 nitrogen and oxygen atoms in total. The second-order valence-corrected chi connectivity index (χ2v) is 9.72. The van der Waals surface area contributed by atoms with Crippen LogP contribution in [0.1, 0.15) is 62.1 Å². The van der Waals surface area contributed by atoms with Gasteiger partial charge in [0.15, 0.2) is 18.9 Å². The Balaban J connectivity index is 1.40. The summed E-state index contributed by atoms with van der Waals surface area (Å²) in [6.45, 7) is -0.853. The number of carbonyl (C=O) groups excluding carboxylic acids is 6. The van der Waals surface area contributed by atoms with Gasteiger partial charge >= 0.3 is 17.9 Å². The number of carbonyl (C=O) groups is 6. The molecule has 4 rings (SSSR count). The Kier molecular flexibility index (Phi) is 13.0. The van der Waals surface area contributed by atoms with Crippen LogP contribution in [0.25, 0.3) is 0 Å². The molecule has 0 atom stereocenters. The van der Waals surface area contributed by atoms with Gasteiger partial charge in [-0.05, 0) is 54.6 Å². The van der Waals surface area contributed by atoms with Gasteiger partial charge < -0.3 is 28.4 Å².